The second-order valence-electron chi connectivity index (χ2n) is 4.12. The molecule has 1 fully saturated rings. The maximum Gasteiger partial charge on any atom is 0.185 e. The molecule has 2 rings (SSSR count). The maximum atomic E-state index is 5.91. The fourth-order valence-corrected chi connectivity index (χ4v) is 2.31. The van der Waals surface area contributed by atoms with E-state index < -0.39 is 0 Å². The van der Waals surface area contributed by atoms with E-state index in [2.05, 4.69) is 15.8 Å². The Morgan fingerprint density at radius 1 is 1.24 bits per heavy atom. The SMILES string of the molecule is S=C(Nc1cccc(Cl)c1)NN1CCCCC1. The van der Waals surface area contributed by atoms with Gasteiger partial charge in [0.25, 0.3) is 0 Å². The lowest BCUT2D eigenvalue weighted by Crippen LogP contribution is -2.46. The van der Waals surface area contributed by atoms with E-state index in [9.17, 15) is 0 Å². The summed E-state index contributed by atoms with van der Waals surface area (Å²) in [5, 5.41) is 6.60. The van der Waals surface area contributed by atoms with E-state index >= 15 is 0 Å². The summed E-state index contributed by atoms with van der Waals surface area (Å²) in [7, 11) is 0. The van der Waals surface area contributed by atoms with E-state index in [0.717, 1.165) is 18.8 Å². The van der Waals surface area contributed by atoms with Crippen molar-refractivity contribution in [3.63, 3.8) is 0 Å². The Kier molecular flexibility index (Phi) is 4.59. The van der Waals surface area contributed by atoms with E-state index in [1.165, 1.54) is 19.3 Å². The van der Waals surface area contributed by atoms with Crippen molar-refractivity contribution in [3.8, 4) is 0 Å². The molecule has 1 aromatic rings. The summed E-state index contributed by atoms with van der Waals surface area (Å²) in [4.78, 5) is 0. The fraction of sp³-hybridized carbons (Fsp3) is 0.417. The lowest BCUT2D eigenvalue weighted by molar-refractivity contribution is 0.196. The van der Waals surface area contributed by atoms with Crippen molar-refractivity contribution < 1.29 is 0 Å². The fourth-order valence-electron chi connectivity index (χ4n) is 1.87. The van der Waals surface area contributed by atoms with Crippen LogP contribution in [0.3, 0.4) is 0 Å². The first-order chi connectivity index (χ1) is 8.24. The number of hydrazine groups is 1. The summed E-state index contributed by atoms with van der Waals surface area (Å²) in [6.07, 6.45) is 3.77. The van der Waals surface area contributed by atoms with Gasteiger partial charge in [-0.15, -0.1) is 0 Å². The van der Waals surface area contributed by atoms with Crippen LogP contribution in [-0.2, 0) is 0 Å². The Morgan fingerprint density at radius 2 is 2.00 bits per heavy atom. The number of halogens is 1. The Morgan fingerprint density at radius 3 is 2.71 bits per heavy atom. The number of nitrogens with zero attached hydrogens (tertiary/aromatic N) is 1. The molecule has 1 saturated heterocycles. The summed E-state index contributed by atoms with van der Waals surface area (Å²) in [5.41, 5.74) is 4.11. The second kappa shape index (κ2) is 6.19. The number of hydrogen-bond donors (Lipinski definition) is 2. The molecular weight excluding hydrogens is 254 g/mol. The zero-order chi connectivity index (χ0) is 12.1. The van der Waals surface area contributed by atoms with Crippen LogP contribution in [-0.4, -0.2) is 23.2 Å². The van der Waals surface area contributed by atoms with Gasteiger partial charge in [-0.05, 0) is 43.3 Å². The molecule has 1 aromatic carbocycles. The lowest BCUT2D eigenvalue weighted by atomic mass is 10.2. The van der Waals surface area contributed by atoms with Gasteiger partial charge in [0.2, 0.25) is 0 Å². The minimum atomic E-state index is 0.620. The van der Waals surface area contributed by atoms with Gasteiger partial charge < -0.3 is 5.32 Å². The zero-order valence-corrected chi connectivity index (χ0v) is 11.2. The first kappa shape index (κ1) is 12.6. The molecule has 1 aliphatic rings. The van der Waals surface area contributed by atoms with Gasteiger partial charge >= 0.3 is 0 Å². The first-order valence-corrected chi connectivity index (χ1v) is 6.61. The normalized spacial score (nSPS) is 16.5. The highest BCUT2D eigenvalue weighted by molar-refractivity contribution is 7.80. The maximum absolute atomic E-state index is 5.91. The second-order valence-corrected chi connectivity index (χ2v) is 4.97. The summed E-state index contributed by atoms with van der Waals surface area (Å²) in [6, 6.07) is 7.53. The summed E-state index contributed by atoms with van der Waals surface area (Å²) in [5.74, 6) is 0. The van der Waals surface area contributed by atoms with Crippen molar-refractivity contribution in [1.82, 2.24) is 10.4 Å². The van der Waals surface area contributed by atoms with Crippen LogP contribution in [0.1, 0.15) is 19.3 Å². The van der Waals surface area contributed by atoms with Gasteiger partial charge in [-0.2, -0.15) is 0 Å². The number of thiocarbonyl (C=S) groups is 1. The van der Waals surface area contributed by atoms with Crippen molar-refractivity contribution in [3.05, 3.63) is 29.3 Å². The molecule has 1 heterocycles. The average molecular weight is 270 g/mol. The van der Waals surface area contributed by atoms with Crippen LogP contribution in [0.25, 0.3) is 0 Å². The molecule has 0 bridgehead atoms. The van der Waals surface area contributed by atoms with Crippen LogP contribution in [0.5, 0.6) is 0 Å². The molecule has 1 aliphatic heterocycles. The Balaban J connectivity index is 1.84. The summed E-state index contributed by atoms with van der Waals surface area (Å²) >= 11 is 11.2. The number of anilines is 1. The number of benzene rings is 1. The molecule has 5 heteroatoms. The van der Waals surface area contributed by atoms with Crippen LogP contribution in [0.15, 0.2) is 24.3 Å². The molecule has 0 saturated carbocycles. The molecule has 0 amide bonds. The average Bonchev–Trinajstić information content (AvgIpc) is 2.30. The molecule has 0 unspecified atom stereocenters. The highest BCUT2D eigenvalue weighted by atomic mass is 35.5. The largest absolute Gasteiger partial charge is 0.332 e. The lowest BCUT2D eigenvalue weighted by Gasteiger charge is -2.28. The molecule has 0 atom stereocenters. The van der Waals surface area contributed by atoms with Crippen molar-refractivity contribution in [2.45, 2.75) is 19.3 Å². The minimum Gasteiger partial charge on any atom is -0.332 e. The van der Waals surface area contributed by atoms with E-state index in [0.29, 0.717) is 10.1 Å². The Bertz CT molecular complexity index is 391. The van der Waals surface area contributed by atoms with E-state index in [4.69, 9.17) is 23.8 Å². The first-order valence-electron chi connectivity index (χ1n) is 5.82. The molecule has 92 valence electrons. The topological polar surface area (TPSA) is 27.3 Å². The molecule has 0 radical (unpaired) electrons. The third-order valence-corrected chi connectivity index (χ3v) is 3.13. The molecule has 2 N–H and O–H groups in total. The standard InChI is InChI=1S/C12H16ClN3S/c13-10-5-4-6-11(9-10)14-12(17)15-16-7-2-1-3-8-16/h4-6,9H,1-3,7-8H2,(H2,14,15,17). The zero-order valence-electron chi connectivity index (χ0n) is 9.58. The van der Waals surface area contributed by atoms with Gasteiger partial charge in [0.1, 0.15) is 0 Å². The van der Waals surface area contributed by atoms with Crippen LogP contribution in [0.4, 0.5) is 5.69 Å². The smallest absolute Gasteiger partial charge is 0.185 e. The third-order valence-electron chi connectivity index (χ3n) is 2.70. The van der Waals surface area contributed by atoms with Crippen LogP contribution >= 0.6 is 23.8 Å². The number of rotatable bonds is 2. The van der Waals surface area contributed by atoms with Crippen molar-refractivity contribution in [1.29, 1.82) is 0 Å². The molecule has 0 aromatic heterocycles. The van der Waals surface area contributed by atoms with Gasteiger partial charge in [0.15, 0.2) is 5.11 Å². The monoisotopic (exact) mass is 269 g/mol. The van der Waals surface area contributed by atoms with Gasteiger partial charge in [0.05, 0.1) is 0 Å². The van der Waals surface area contributed by atoms with Crippen LogP contribution in [0, 0.1) is 0 Å². The van der Waals surface area contributed by atoms with Gasteiger partial charge in [-0.1, -0.05) is 24.1 Å². The summed E-state index contributed by atoms with van der Waals surface area (Å²) in [6.45, 7) is 2.11. The van der Waals surface area contributed by atoms with Gasteiger partial charge in [0, 0.05) is 23.8 Å². The van der Waals surface area contributed by atoms with Gasteiger partial charge in [-0.3, -0.25) is 5.43 Å². The van der Waals surface area contributed by atoms with E-state index in [1.54, 1.807) is 0 Å². The van der Waals surface area contributed by atoms with Gasteiger partial charge in [-0.25, -0.2) is 5.01 Å². The van der Waals surface area contributed by atoms with E-state index in [-0.39, 0.29) is 0 Å². The third kappa shape index (κ3) is 4.15. The summed E-state index contributed by atoms with van der Waals surface area (Å²) < 4.78 is 0. The molecule has 17 heavy (non-hydrogen) atoms. The number of hydrogen-bond acceptors (Lipinski definition) is 2. The van der Waals surface area contributed by atoms with Crippen molar-refractivity contribution in [2.75, 3.05) is 18.4 Å². The molecule has 0 spiro atoms. The quantitative estimate of drug-likeness (QED) is 0.807. The number of nitrogens with one attached hydrogen (secondary N) is 2. The Hall–Kier alpha value is -0.840. The van der Waals surface area contributed by atoms with E-state index in [1.807, 2.05) is 24.3 Å². The predicted molar refractivity (Wildman–Crippen MR) is 76.2 cm³/mol. The Labute approximate surface area is 112 Å². The highest BCUT2D eigenvalue weighted by Crippen LogP contribution is 2.14. The molecule has 0 aliphatic carbocycles. The number of piperidine rings is 1. The van der Waals surface area contributed by atoms with Crippen LogP contribution < -0.4 is 10.7 Å². The molecule has 3 nitrogen and oxygen atoms in total. The minimum absolute atomic E-state index is 0.620. The predicted octanol–water partition coefficient (Wildman–Crippen LogP) is 3.03. The highest BCUT2D eigenvalue weighted by Gasteiger charge is 2.10. The van der Waals surface area contributed by atoms with Crippen LogP contribution in [0.2, 0.25) is 5.02 Å². The van der Waals surface area contributed by atoms with Crippen molar-refractivity contribution >= 4 is 34.6 Å². The molecular formula is C12H16ClN3S. The van der Waals surface area contributed by atoms with Crippen molar-refractivity contribution in [2.24, 2.45) is 0 Å².